The molecule has 0 bridgehead atoms. The Labute approximate surface area is 197 Å². The summed E-state index contributed by atoms with van der Waals surface area (Å²) in [6, 6.07) is 17.0. The summed E-state index contributed by atoms with van der Waals surface area (Å²) in [5.41, 5.74) is 7.97. The van der Waals surface area contributed by atoms with Crippen LogP contribution < -0.4 is 10.8 Å². The summed E-state index contributed by atoms with van der Waals surface area (Å²) >= 11 is 0. The molecule has 2 aromatic carbocycles. The van der Waals surface area contributed by atoms with Crippen LogP contribution >= 0.6 is 0 Å². The first-order valence-electron chi connectivity index (χ1n) is 12.9. The first kappa shape index (κ1) is 22.6. The van der Waals surface area contributed by atoms with E-state index in [2.05, 4.69) is 40.8 Å². The van der Waals surface area contributed by atoms with Crippen molar-refractivity contribution in [2.24, 2.45) is 0 Å². The van der Waals surface area contributed by atoms with Gasteiger partial charge >= 0.3 is 0 Å². The summed E-state index contributed by atoms with van der Waals surface area (Å²) in [4.78, 5) is 21.6. The molecule has 1 aliphatic heterocycles. The maximum atomic E-state index is 13.0. The van der Waals surface area contributed by atoms with Crippen molar-refractivity contribution in [1.29, 1.82) is 0 Å². The molecule has 1 saturated heterocycles. The number of hydroxylamine groups is 1. The van der Waals surface area contributed by atoms with Crippen LogP contribution in [0.25, 0.3) is 0 Å². The van der Waals surface area contributed by atoms with Crippen molar-refractivity contribution < 1.29 is 9.63 Å². The predicted molar refractivity (Wildman–Crippen MR) is 132 cm³/mol. The molecule has 2 fully saturated rings. The summed E-state index contributed by atoms with van der Waals surface area (Å²) in [6.07, 6.45) is 12.2. The number of para-hydroxylation sites is 1. The van der Waals surface area contributed by atoms with E-state index < -0.39 is 0 Å². The molecule has 5 rings (SSSR count). The number of fused-ring (bicyclic) bond motifs is 1. The van der Waals surface area contributed by atoms with Gasteiger partial charge in [0.25, 0.3) is 0 Å². The summed E-state index contributed by atoms with van der Waals surface area (Å²) < 4.78 is 0. The van der Waals surface area contributed by atoms with Gasteiger partial charge in [-0.25, -0.2) is 0 Å². The van der Waals surface area contributed by atoms with E-state index in [1.807, 2.05) is 30.3 Å². The van der Waals surface area contributed by atoms with E-state index in [9.17, 15) is 4.79 Å². The van der Waals surface area contributed by atoms with Crippen molar-refractivity contribution in [2.75, 3.05) is 5.32 Å². The lowest BCUT2D eigenvalue weighted by Crippen LogP contribution is -2.42. The van der Waals surface area contributed by atoms with Gasteiger partial charge in [0, 0.05) is 11.7 Å². The molecule has 1 heterocycles. The topological polar surface area (TPSA) is 53.6 Å². The first-order valence-corrected chi connectivity index (χ1v) is 12.9. The van der Waals surface area contributed by atoms with Gasteiger partial charge in [-0.2, -0.15) is 5.48 Å². The lowest BCUT2D eigenvalue weighted by molar-refractivity contribution is -0.117. The van der Waals surface area contributed by atoms with Gasteiger partial charge in [-0.3, -0.25) is 14.5 Å². The van der Waals surface area contributed by atoms with E-state index in [-0.39, 0.29) is 24.2 Å². The van der Waals surface area contributed by atoms with Gasteiger partial charge in [0.15, 0.2) is 0 Å². The molecule has 2 unspecified atom stereocenters. The van der Waals surface area contributed by atoms with Crippen LogP contribution in [0.1, 0.15) is 93.5 Å². The van der Waals surface area contributed by atoms with Crippen LogP contribution in [0.2, 0.25) is 0 Å². The molecule has 0 aromatic heterocycles. The zero-order chi connectivity index (χ0) is 22.6. The van der Waals surface area contributed by atoms with Gasteiger partial charge in [0.2, 0.25) is 5.91 Å². The Bertz CT molecular complexity index is 939. The van der Waals surface area contributed by atoms with Crippen molar-refractivity contribution in [3.8, 4) is 0 Å². The average Bonchev–Trinajstić information content (AvgIpc) is 3.43. The maximum absolute atomic E-state index is 13.0. The Morgan fingerprint density at radius 1 is 1.03 bits per heavy atom. The Morgan fingerprint density at radius 3 is 2.55 bits per heavy atom. The minimum Gasteiger partial charge on any atom is -0.326 e. The molecule has 0 radical (unpaired) electrons. The van der Waals surface area contributed by atoms with Crippen molar-refractivity contribution in [3.63, 3.8) is 0 Å². The number of rotatable bonds is 5. The second-order valence-electron chi connectivity index (χ2n) is 9.85. The number of aryl methyl sites for hydroxylation is 1. The minimum absolute atomic E-state index is 0.0767. The zero-order valence-corrected chi connectivity index (χ0v) is 19.8. The molecule has 176 valence electrons. The largest absolute Gasteiger partial charge is 0.326 e. The van der Waals surface area contributed by atoms with Crippen LogP contribution in [0, 0.1) is 0 Å². The Morgan fingerprint density at radius 2 is 1.79 bits per heavy atom. The minimum atomic E-state index is -0.0767. The third-order valence-corrected chi connectivity index (χ3v) is 7.71. The highest BCUT2D eigenvalue weighted by atomic mass is 16.7. The second-order valence-corrected chi connectivity index (χ2v) is 9.85. The monoisotopic (exact) mass is 447 g/mol. The zero-order valence-electron chi connectivity index (χ0n) is 19.8. The first-order chi connectivity index (χ1) is 16.2. The Hall–Kier alpha value is -2.21. The van der Waals surface area contributed by atoms with E-state index in [1.54, 1.807) is 0 Å². The smallest absolute Gasteiger partial charge is 0.231 e. The molecule has 2 N–H and O–H groups in total. The summed E-state index contributed by atoms with van der Waals surface area (Å²) in [5.74, 6) is 0.0179. The number of nitrogens with one attached hydrogen (secondary N) is 2. The third kappa shape index (κ3) is 4.86. The Balaban J connectivity index is 1.34. The van der Waals surface area contributed by atoms with E-state index >= 15 is 0 Å². The fraction of sp³-hybridized carbons (Fsp3) is 0.536. The maximum Gasteiger partial charge on any atom is 0.231 e. The number of hydrogen-bond donors (Lipinski definition) is 2. The standard InChI is InChI=1S/C28H37N3O2/c1-2-26-31(23-13-9-4-3-5-10-14-23)27(30-33-26)21-16-17-24-20(19-21)15-18-25(24)28(32)29-22-11-7-6-8-12-22/h6-8,11-12,16-17,19,23,25-27,30H,2-5,9-10,13-15,18H2,1H3,(H,29,32)/t25-,26?,27?/m1/s1. The second kappa shape index (κ2) is 10.4. The lowest BCUT2D eigenvalue weighted by Gasteiger charge is -2.35. The molecule has 5 nitrogen and oxygen atoms in total. The molecule has 2 aliphatic carbocycles. The van der Waals surface area contributed by atoms with Crippen LogP contribution in [0.5, 0.6) is 0 Å². The molecule has 3 aliphatic rings. The summed E-state index contributed by atoms with van der Waals surface area (Å²) in [6.45, 7) is 2.21. The number of carbonyl (C=O) groups excluding carboxylic acids is 1. The van der Waals surface area contributed by atoms with Gasteiger partial charge in [-0.05, 0) is 60.9 Å². The molecule has 2 aromatic rings. The van der Waals surface area contributed by atoms with Crippen LogP contribution in [0.3, 0.4) is 0 Å². The van der Waals surface area contributed by atoms with Gasteiger partial charge in [0.05, 0.1) is 5.92 Å². The fourth-order valence-electron chi connectivity index (χ4n) is 5.97. The highest BCUT2D eigenvalue weighted by Gasteiger charge is 2.39. The van der Waals surface area contributed by atoms with Crippen LogP contribution in [-0.4, -0.2) is 23.1 Å². The molecule has 33 heavy (non-hydrogen) atoms. The normalized spacial score (nSPS) is 26.5. The number of anilines is 1. The highest BCUT2D eigenvalue weighted by molar-refractivity contribution is 5.96. The van der Waals surface area contributed by atoms with E-state index in [1.165, 1.54) is 61.6 Å². The van der Waals surface area contributed by atoms with E-state index in [0.29, 0.717) is 6.04 Å². The molecule has 5 heteroatoms. The molecular weight excluding hydrogens is 410 g/mol. The van der Waals surface area contributed by atoms with Gasteiger partial charge in [0.1, 0.15) is 12.4 Å². The molecule has 3 atom stereocenters. The van der Waals surface area contributed by atoms with Crippen molar-refractivity contribution >= 4 is 11.6 Å². The summed E-state index contributed by atoms with van der Waals surface area (Å²) in [5, 5.41) is 3.09. The summed E-state index contributed by atoms with van der Waals surface area (Å²) in [7, 11) is 0. The van der Waals surface area contributed by atoms with Crippen molar-refractivity contribution in [2.45, 2.75) is 95.5 Å². The van der Waals surface area contributed by atoms with E-state index in [4.69, 9.17) is 4.84 Å². The van der Waals surface area contributed by atoms with Crippen molar-refractivity contribution in [3.05, 3.63) is 65.2 Å². The van der Waals surface area contributed by atoms with E-state index in [0.717, 1.165) is 24.9 Å². The number of carbonyl (C=O) groups is 1. The number of hydrogen-bond acceptors (Lipinski definition) is 4. The predicted octanol–water partition coefficient (Wildman–Crippen LogP) is 6.04. The van der Waals surface area contributed by atoms with Crippen LogP contribution in [0.15, 0.2) is 48.5 Å². The highest BCUT2D eigenvalue weighted by Crippen LogP contribution is 2.39. The van der Waals surface area contributed by atoms with Crippen LogP contribution in [0.4, 0.5) is 5.69 Å². The van der Waals surface area contributed by atoms with Gasteiger partial charge in [-0.1, -0.05) is 75.4 Å². The SMILES string of the molecule is CCC1ONC(c2ccc3c(c2)CC[C@H]3C(=O)Nc2ccccc2)N1C1CCCCCCC1. The molecular formula is C28H37N3O2. The number of benzene rings is 2. The Kier molecular flexibility index (Phi) is 7.10. The van der Waals surface area contributed by atoms with Gasteiger partial charge in [-0.15, -0.1) is 0 Å². The fourth-order valence-corrected chi connectivity index (χ4v) is 5.97. The number of nitrogens with zero attached hydrogens (tertiary/aromatic N) is 1. The average molecular weight is 448 g/mol. The lowest BCUT2D eigenvalue weighted by atomic mass is 9.93. The van der Waals surface area contributed by atoms with Crippen LogP contribution in [-0.2, 0) is 16.1 Å². The number of amides is 1. The third-order valence-electron chi connectivity index (χ3n) is 7.71. The molecule has 1 saturated carbocycles. The molecule has 0 spiro atoms. The van der Waals surface area contributed by atoms with Gasteiger partial charge < -0.3 is 5.32 Å². The quantitative estimate of drug-likeness (QED) is 0.587. The molecule has 1 amide bonds. The van der Waals surface area contributed by atoms with Crippen molar-refractivity contribution in [1.82, 2.24) is 10.4 Å².